The van der Waals surface area contributed by atoms with E-state index >= 15 is 0 Å². The summed E-state index contributed by atoms with van der Waals surface area (Å²) in [6.45, 7) is 3.24. The molecular weight excluding hydrogens is 513 g/mol. The van der Waals surface area contributed by atoms with Crippen LogP contribution in [0.2, 0.25) is 0 Å². The summed E-state index contributed by atoms with van der Waals surface area (Å²) in [5.74, 6) is -0.687. The average molecular weight is 542 g/mol. The Labute approximate surface area is 219 Å². The van der Waals surface area contributed by atoms with Gasteiger partial charge in [-0.25, -0.2) is 17.8 Å². The Bertz CT molecular complexity index is 1490. The van der Waals surface area contributed by atoms with E-state index in [1.165, 1.54) is 40.5 Å². The number of rotatable bonds is 8. The second-order valence-electron chi connectivity index (χ2n) is 9.03. The second kappa shape index (κ2) is 10.7. The van der Waals surface area contributed by atoms with Crippen LogP contribution in [0.4, 0.5) is 9.52 Å². The van der Waals surface area contributed by atoms with Gasteiger partial charge in [0.15, 0.2) is 5.13 Å². The van der Waals surface area contributed by atoms with Gasteiger partial charge in [-0.3, -0.25) is 14.4 Å². The molecule has 1 aliphatic heterocycles. The van der Waals surface area contributed by atoms with E-state index in [0.29, 0.717) is 34.0 Å². The van der Waals surface area contributed by atoms with E-state index in [1.807, 2.05) is 6.92 Å². The maximum atomic E-state index is 13.8. The normalized spacial score (nSPS) is 16.8. The molecule has 3 heterocycles. The van der Waals surface area contributed by atoms with Crippen LogP contribution in [0.3, 0.4) is 0 Å². The number of amides is 1. The maximum Gasteiger partial charge on any atom is 0.260 e. The first kappa shape index (κ1) is 25.5. The van der Waals surface area contributed by atoms with Crippen LogP contribution in [0, 0.1) is 5.82 Å². The number of piperidine rings is 1. The molecule has 2 aromatic heterocycles. The van der Waals surface area contributed by atoms with Crippen LogP contribution in [-0.4, -0.2) is 52.5 Å². The van der Waals surface area contributed by atoms with Gasteiger partial charge in [-0.1, -0.05) is 24.7 Å². The van der Waals surface area contributed by atoms with Crippen LogP contribution < -0.4 is 4.90 Å². The van der Waals surface area contributed by atoms with Crippen molar-refractivity contribution in [1.82, 2.24) is 19.1 Å². The number of hydrogen-bond donors (Lipinski definition) is 0. The first-order valence-corrected chi connectivity index (χ1v) is 14.6. The van der Waals surface area contributed by atoms with Gasteiger partial charge in [0.1, 0.15) is 5.82 Å². The summed E-state index contributed by atoms with van der Waals surface area (Å²) in [7, 11) is -3.65. The lowest BCUT2D eigenvalue weighted by Crippen LogP contribution is -2.43. The lowest BCUT2D eigenvalue weighted by Gasteiger charge is -2.34. The number of nitrogens with zero attached hydrogens (tertiary/aromatic N) is 5. The van der Waals surface area contributed by atoms with Crippen LogP contribution in [0.5, 0.6) is 0 Å². The molecule has 1 fully saturated rings. The van der Waals surface area contributed by atoms with Crippen molar-refractivity contribution in [2.75, 3.05) is 18.0 Å². The Morgan fingerprint density at radius 2 is 2.00 bits per heavy atom. The second-order valence-corrected chi connectivity index (χ2v) is 11.9. The molecule has 0 N–H and O–H groups in total. The first-order valence-electron chi connectivity index (χ1n) is 12.3. The van der Waals surface area contributed by atoms with Crippen molar-refractivity contribution >= 4 is 42.6 Å². The zero-order valence-electron chi connectivity index (χ0n) is 20.5. The number of carbonyl (C=O) groups is 1. The zero-order valence-corrected chi connectivity index (χ0v) is 22.1. The highest BCUT2D eigenvalue weighted by Crippen LogP contribution is 2.31. The fourth-order valence-corrected chi connectivity index (χ4v) is 7.46. The van der Waals surface area contributed by atoms with Crippen molar-refractivity contribution in [1.29, 1.82) is 0 Å². The van der Waals surface area contributed by atoms with E-state index in [0.717, 1.165) is 25.7 Å². The number of aromatic nitrogens is 3. The molecule has 0 spiro atoms. The van der Waals surface area contributed by atoms with E-state index in [4.69, 9.17) is 0 Å². The van der Waals surface area contributed by atoms with Gasteiger partial charge in [0.05, 0.1) is 21.7 Å². The van der Waals surface area contributed by atoms with Crippen molar-refractivity contribution in [2.45, 2.75) is 50.1 Å². The number of hydrogen-bond acceptors (Lipinski definition) is 6. The topological polar surface area (TPSA) is 88.4 Å². The molecule has 194 valence electrons. The van der Waals surface area contributed by atoms with E-state index < -0.39 is 10.0 Å². The number of thiazole rings is 1. The quantitative estimate of drug-likeness (QED) is 0.316. The van der Waals surface area contributed by atoms with E-state index in [2.05, 4.69) is 10.1 Å². The van der Waals surface area contributed by atoms with Gasteiger partial charge in [-0.15, -0.1) is 0 Å². The number of halogens is 1. The van der Waals surface area contributed by atoms with Gasteiger partial charge >= 0.3 is 0 Å². The van der Waals surface area contributed by atoms with Gasteiger partial charge in [-0.05, 0) is 67.8 Å². The van der Waals surface area contributed by atoms with Gasteiger partial charge < -0.3 is 0 Å². The fraction of sp³-hybridized carbons (Fsp3) is 0.346. The molecule has 1 unspecified atom stereocenters. The Morgan fingerprint density at radius 3 is 2.73 bits per heavy atom. The third-order valence-electron chi connectivity index (χ3n) is 6.68. The summed E-state index contributed by atoms with van der Waals surface area (Å²) in [5.41, 5.74) is 0.947. The molecule has 0 aliphatic carbocycles. The van der Waals surface area contributed by atoms with Crippen molar-refractivity contribution in [3.05, 3.63) is 72.3 Å². The number of anilines is 1. The molecule has 11 heteroatoms. The molecule has 37 heavy (non-hydrogen) atoms. The monoisotopic (exact) mass is 541 g/mol. The zero-order chi connectivity index (χ0) is 26.0. The maximum absolute atomic E-state index is 13.8. The highest BCUT2D eigenvalue weighted by molar-refractivity contribution is 7.89. The lowest BCUT2D eigenvalue weighted by molar-refractivity contribution is 0.0985. The van der Waals surface area contributed by atoms with Crippen LogP contribution in [-0.2, 0) is 16.6 Å². The van der Waals surface area contributed by atoms with E-state index in [9.17, 15) is 17.6 Å². The summed E-state index contributed by atoms with van der Waals surface area (Å²) in [4.78, 5) is 19.9. The molecule has 0 saturated carbocycles. The fourth-order valence-electron chi connectivity index (χ4n) is 4.68. The molecule has 0 radical (unpaired) electrons. The van der Waals surface area contributed by atoms with Crippen LogP contribution in [0.25, 0.3) is 10.2 Å². The van der Waals surface area contributed by atoms with Crippen LogP contribution in [0.1, 0.15) is 43.0 Å². The van der Waals surface area contributed by atoms with E-state index in [1.54, 1.807) is 45.6 Å². The molecule has 4 aromatic rings. The van der Waals surface area contributed by atoms with Crippen molar-refractivity contribution in [2.24, 2.45) is 0 Å². The molecule has 0 bridgehead atoms. The molecule has 5 rings (SSSR count). The lowest BCUT2D eigenvalue weighted by atomic mass is 10.0. The summed E-state index contributed by atoms with van der Waals surface area (Å²) in [5, 5.41) is 4.64. The number of carbonyl (C=O) groups excluding carboxylic acids is 1. The van der Waals surface area contributed by atoms with Gasteiger partial charge in [-0.2, -0.15) is 9.40 Å². The van der Waals surface area contributed by atoms with Crippen molar-refractivity contribution < 1.29 is 17.6 Å². The minimum Gasteiger partial charge on any atom is -0.282 e. The average Bonchev–Trinajstić information content (AvgIpc) is 3.58. The third kappa shape index (κ3) is 5.29. The van der Waals surface area contributed by atoms with Gasteiger partial charge in [0.2, 0.25) is 10.0 Å². The van der Waals surface area contributed by atoms with Crippen molar-refractivity contribution in [3.63, 3.8) is 0 Å². The van der Waals surface area contributed by atoms with Crippen LogP contribution >= 0.6 is 11.3 Å². The molecule has 2 aromatic carbocycles. The molecule has 1 saturated heterocycles. The summed E-state index contributed by atoms with van der Waals surface area (Å²) in [6.07, 6.45) is 6.99. The summed E-state index contributed by atoms with van der Waals surface area (Å²) >= 11 is 1.23. The van der Waals surface area contributed by atoms with E-state index in [-0.39, 0.29) is 29.2 Å². The number of sulfonamides is 1. The molecule has 8 nitrogen and oxygen atoms in total. The first-order chi connectivity index (χ1) is 17.9. The number of benzene rings is 2. The number of fused-ring (bicyclic) bond motifs is 1. The molecule has 1 aliphatic rings. The predicted octanol–water partition coefficient (Wildman–Crippen LogP) is 4.93. The SMILES string of the molecule is CCC1CCCCN1S(=O)(=O)c1ccc(C(=O)N(CCn2cccn2)c2nc3ccc(F)cc3s2)cc1. The molecule has 1 amide bonds. The third-order valence-corrected chi connectivity index (χ3v) is 9.69. The highest BCUT2D eigenvalue weighted by atomic mass is 32.2. The van der Waals surface area contributed by atoms with Crippen molar-refractivity contribution in [3.8, 4) is 0 Å². The molecule has 1 atom stereocenters. The summed E-state index contributed by atoms with van der Waals surface area (Å²) < 4.78 is 44.4. The largest absolute Gasteiger partial charge is 0.282 e. The Morgan fingerprint density at radius 1 is 1.19 bits per heavy atom. The predicted molar refractivity (Wildman–Crippen MR) is 142 cm³/mol. The highest BCUT2D eigenvalue weighted by Gasteiger charge is 2.32. The smallest absolute Gasteiger partial charge is 0.260 e. The Hall–Kier alpha value is -3.15. The minimum atomic E-state index is -3.65. The Kier molecular flexibility index (Phi) is 7.36. The molecular formula is C26H28FN5O3S2. The Balaban J connectivity index is 1.43. The summed E-state index contributed by atoms with van der Waals surface area (Å²) in [6, 6.07) is 12.2. The standard InChI is InChI=1S/C26H28FN5O3S2/c1-2-21-6-3-4-15-32(21)37(34,35)22-10-7-19(8-11-22)25(33)31(17-16-30-14-5-13-28-30)26-29-23-12-9-20(27)18-24(23)36-26/h5,7-14,18,21H,2-4,6,15-17H2,1H3. The van der Waals surface area contributed by atoms with Gasteiger partial charge in [0, 0.05) is 37.1 Å². The van der Waals surface area contributed by atoms with Crippen LogP contribution in [0.15, 0.2) is 65.8 Å². The minimum absolute atomic E-state index is 0.00159. The van der Waals surface area contributed by atoms with Gasteiger partial charge in [0.25, 0.3) is 5.91 Å².